The van der Waals surface area contributed by atoms with Gasteiger partial charge in [0.15, 0.2) is 5.76 Å². The van der Waals surface area contributed by atoms with Crippen LogP contribution in [0.4, 0.5) is 4.39 Å². The molecule has 2 aromatic heterocycles. The Balaban J connectivity index is 1.63. The van der Waals surface area contributed by atoms with Crippen LogP contribution in [0, 0.1) is 0 Å². The summed E-state index contributed by atoms with van der Waals surface area (Å²) >= 11 is 0. The molecule has 25 heavy (non-hydrogen) atoms. The summed E-state index contributed by atoms with van der Waals surface area (Å²) in [6.45, 7) is 3.48. The molecule has 0 spiro atoms. The second-order valence-electron chi connectivity index (χ2n) is 6.74. The van der Waals surface area contributed by atoms with E-state index in [1.54, 1.807) is 28.9 Å². The van der Waals surface area contributed by atoms with Gasteiger partial charge in [-0.2, -0.15) is 5.10 Å². The fraction of sp³-hybridized carbons (Fsp3) is 0.556. The van der Waals surface area contributed by atoms with Crippen LogP contribution in [0.25, 0.3) is 0 Å². The van der Waals surface area contributed by atoms with E-state index in [9.17, 15) is 9.18 Å². The first kappa shape index (κ1) is 17.7. The monoisotopic (exact) mass is 348 g/mol. The van der Waals surface area contributed by atoms with Crippen LogP contribution >= 0.6 is 0 Å². The van der Waals surface area contributed by atoms with Gasteiger partial charge in [-0.05, 0) is 18.6 Å². The van der Waals surface area contributed by atoms with Gasteiger partial charge in [0.05, 0.1) is 6.20 Å². The summed E-state index contributed by atoms with van der Waals surface area (Å²) < 4.78 is 21.2. The first-order valence-corrected chi connectivity index (χ1v) is 8.66. The molecule has 1 fully saturated rings. The molecule has 136 valence electrons. The predicted molar refractivity (Wildman–Crippen MR) is 92.0 cm³/mol. The summed E-state index contributed by atoms with van der Waals surface area (Å²) in [5, 5.41) is 4.16. The number of hydrogen-bond donors (Lipinski definition) is 0. The van der Waals surface area contributed by atoms with E-state index in [4.69, 9.17) is 4.42 Å². The molecule has 3 rings (SSSR count). The highest BCUT2D eigenvalue weighted by Gasteiger charge is 2.34. The highest BCUT2D eigenvalue weighted by molar-refractivity contribution is 5.91. The Bertz CT molecular complexity index is 726. The SMILES string of the molecule is CCc1ccc(C(=O)N(C)C[C@@H]2C[C@H](F)CN2Cc2cnn(C)c2)o1. The Hall–Kier alpha value is -2.15. The lowest BCUT2D eigenvalue weighted by molar-refractivity contribution is 0.0717. The van der Waals surface area contributed by atoms with E-state index in [0.717, 1.165) is 17.7 Å². The van der Waals surface area contributed by atoms with Crippen molar-refractivity contribution in [3.05, 3.63) is 41.6 Å². The summed E-state index contributed by atoms with van der Waals surface area (Å²) in [7, 11) is 3.60. The molecule has 0 saturated carbocycles. The number of amides is 1. The van der Waals surface area contributed by atoms with Crippen LogP contribution in [0.2, 0.25) is 0 Å². The van der Waals surface area contributed by atoms with E-state index in [-0.39, 0.29) is 11.9 Å². The standard InChI is InChI=1S/C18H25FN4O2/c1-4-16-5-6-17(25-16)18(24)21(2)12-15-7-14(19)11-23(15)10-13-8-20-22(3)9-13/h5-6,8-9,14-15H,4,7,10-12H2,1-3H3/t14-,15-/m0/s1. The molecule has 7 heteroatoms. The number of halogens is 1. The number of furan rings is 1. The van der Waals surface area contributed by atoms with Crippen LogP contribution < -0.4 is 0 Å². The van der Waals surface area contributed by atoms with Crippen LogP contribution in [0.5, 0.6) is 0 Å². The Kier molecular flexibility index (Phi) is 5.22. The van der Waals surface area contributed by atoms with Gasteiger partial charge in [-0.15, -0.1) is 0 Å². The summed E-state index contributed by atoms with van der Waals surface area (Å²) in [6, 6.07) is 3.52. The molecular weight excluding hydrogens is 323 g/mol. The first-order chi connectivity index (χ1) is 12.0. The Morgan fingerprint density at radius 2 is 2.28 bits per heavy atom. The van der Waals surface area contributed by atoms with E-state index >= 15 is 0 Å². The van der Waals surface area contributed by atoms with E-state index < -0.39 is 6.17 Å². The van der Waals surface area contributed by atoms with Crippen molar-refractivity contribution in [2.75, 3.05) is 20.1 Å². The van der Waals surface area contributed by atoms with Crippen molar-refractivity contribution in [1.82, 2.24) is 19.6 Å². The van der Waals surface area contributed by atoms with Crippen molar-refractivity contribution in [3.63, 3.8) is 0 Å². The number of aryl methyl sites for hydroxylation is 2. The lowest BCUT2D eigenvalue weighted by atomic mass is 10.2. The Labute approximate surface area is 147 Å². The molecule has 1 amide bonds. The van der Waals surface area contributed by atoms with Crippen molar-refractivity contribution in [1.29, 1.82) is 0 Å². The van der Waals surface area contributed by atoms with E-state index in [1.807, 2.05) is 26.2 Å². The number of hydrogen-bond acceptors (Lipinski definition) is 4. The molecule has 1 saturated heterocycles. The van der Waals surface area contributed by atoms with Gasteiger partial charge >= 0.3 is 0 Å². The molecule has 0 aromatic carbocycles. The zero-order chi connectivity index (χ0) is 18.0. The summed E-state index contributed by atoms with van der Waals surface area (Å²) in [5.74, 6) is 0.968. The predicted octanol–water partition coefficient (Wildman–Crippen LogP) is 2.26. The van der Waals surface area contributed by atoms with Crippen molar-refractivity contribution in [2.45, 2.75) is 38.5 Å². The molecule has 3 heterocycles. The normalized spacial score (nSPS) is 21.0. The van der Waals surface area contributed by atoms with Gasteiger partial charge in [0.25, 0.3) is 5.91 Å². The van der Waals surface area contributed by atoms with Crippen molar-refractivity contribution in [3.8, 4) is 0 Å². The molecule has 2 aromatic rings. The third-order valence-electron chi connectivity index (χ3n) is 4.67. The molecule has 0 aliphatic carbocycles. The maximum atomic E-state index is 14.0. The van der Waals surface area contributed by atoms with Gasteiger partial charge in [-0.1, -0.05) is 6.92 Å². The third kappa shape index (κ3) is 4.10. The van der Waals surface area contributed by atoms with E-state index in [1.165, 1.54) is 0 Å². The smallest absolute Gasteiger partial charge is 0.289 e. The quantitative estimate of drug-likeness (QED) is 0.804. The molecule has 1 aliphatic rings. The van der Waals surface area contributed by atoms with E-state index in [2.05, 4.69) is 10.00 Å². The number of nitrogens with zero attached hydrogens (tertiary/aromatic N) is 4. The number of likely N-dealkylation sites (tertiary alicyclic amines) is 1. The maximum Gasteiger partial charge on any atom is 0.289 e. The largest absolute Gasteiger partial charge is 0.456 e. The van der Waals surface area contributed by atoms with E-state index in [0.29, 0.717) is 31.8 Å². The molecule has 2 atom stereocenters. The highest BCUT2D eigenvalue weighted by atomic mass is 19.1. The minimum absolute atomic E-state index is 0.00948. The molecule has 0 radical (unpaired) electrons. The maximum absolute atomic E-state index is 14.0. The second kappa shape index (κ2) is 7.39. The number of rotatable bonds is 6. The second-order valence-corrected chi connectivity index (χ2v) is 6.74. The Morgan fingerprint density at radius 1 is 1.48 bits per heavy atom. The topological polar surface area (TPSA) is 54.5 Å². The minimum Gasteiger partial charge on any atom is -0.456 e. The van der Waals surface area contributed by atoms with Crippen molar-refractivity contribution in [2.24, 2.45) is 7.05 Å². The van der Waals surface area contributed by atoms with Gasteiger partial charge in [0.1, 0.15) is 11.9 Å². The van der Waals surface area contributed by atoms with Crippen LogP contribution in [-0.4, -0.2) is 57.8 Å². The number of carbonyl (C=O) groups excluding carboxylic acids is 1. The van der Waals surface area contributed by atoms with Crippen LogP contribution in [-0.2, 0) is 20.0 Å². The van der Waals surface area contributed by atoms with Gasteiger partial charge in [0.2, 0.25) is 0 Å². The lowest BCUT2D eigenvalue weighted by Gasteiger charge is -2.27. The van der Waals surface area contributed by atoms with Crippen LogP contribution in [0.3, 0.4) is 0 Å². The summed E-state index contributed by atoms with van der Waals surface area (Å²) in [4.78, 5) is 16.2. The molecule has 0 N–H and O–H groups in total. The molecule has 6 nitrogen and oxygen atoms in total. The summed E-state index contributed by atoms with van der Waals surface area (Å²) in [5.41, 5.74) is 1.05. The third-order valence-corrected chi connectivity index (χ3v) is 4.67. The number of aromatic nitrogens is 2. The van der Waals surface area contributed by atoms with Crippen molar-refractivity contribution >= 4 is 5.91 Å². The van der Waals surface area contributed by atoms with Crippen molar-refractivity contribution < 1.29 is 13.6 Å². The van der Waals surface area contributed by atoms with Crippen LogP contribution in [0.1, 0.15) is 35.2 Å². The van der Waals surface area contributed by atoms with Gasteiger partial charge < -0.3 is 9.32 Å². The zero-order valence-electron chi connectivity index (χ0n) is 15.0. The molecule has 1 aliphatic heterocycles. The fourth-order valence-corrected chi connectivity index (χ4v) is 3.36. The molecule has 0 bridgehead atoms. The molecule has 0 unspecified atom stereocenters. The number of likely N-dealkylation sites (N-methyl/N-ethyl adjacent to an activating group) is 1. The lowest BCUT2D eigenvalue weighted by Crippen LogP contribution is -2.40. The summed E-state index contributed by atoms with van der Waals surface area (Å²) in [6.07, 6.45) is 4.07. The Morgan fingerprint density at radius 3 is 2.92 bits per heavy atom. The van der Waals surface area contributed by atoms with Gasteiger partial charge in [-0.3, -0.25) is 14.4 Å². The van der Waals surface area contributed by atoms with Gasteiger partial charge in [0, 0.05) is 58.0 Å². The number of carbonyl (C=O) groups is 1. The zero-order valence-corrected chi connectivity index (χ0v) is 15.0. The first-order valence-electron chi connectivity index (χ1n) is 8.66. The average molecular weight is 348 g/mol. The fourth-order valence-electron chi connectivity index (χ4n) is 3.36. The molecular formula is C18H25FN4O2. The number of alkyl halides is 1. The highest BCUT2D eigenvalue weighted by Crippen LogP contribution is 2.24. The van der Waals surface area contributed by atoms with Gasteiger partial charge in [-0.25, -0.2) is 4.39 Å². The average Bonchev–Trinajstić information content (AvgIpc) is 3.28. The van der Waals surface area contributed by atoms with Crippen LogP contribution in [0.15, 0.2) is 28.9 Å². The minimum atomic E-state index is -0.861.